The first kappa shape index (κ1) is 30.0. The van der Waals surface area contributed by atoms with Gasteiger partial charge in [-0.3, -0.25) is 14.5 Å². The molecule has 4 aromatic rings. The van der Waals surface area contributed by atoms with Crippen molar-refractivity contribution in [3.63, 3.8) is 0 Å². The summed E-state index contributed by atoms with van der Waals surface area (Å²) in [4.78, 5) is 35.7. The summed E-state index contributed by atoms with van der Waals surface area (Å²) in [6, 6.07) is 17.6. The van der Waals surface area contributed by atoms with Gasteiger partial charge >= 0.3 is 6.18 Å². The maximum absolute atomic E-state index is 12.9. The number of halogens is 3. The van der Waals surface area contributed by atoms with Crippen molar-refractivity contribution in [3.8, 4) is 22.8 Å². The van der Waals surface area contributed by atoms with E-state index in [1.807, 2.05) is 50.2 Å². The molecule has 0 bridgehead atoms. The molecule has 1 aliphatic rings. The van der Waals surface area contributed by atoms with E-state index in [1.165, 1.54) is 39.8 Å². The highest BCUT2D eigenvalue weighted by Crippen LogP contribution is 2.36. The number of benzene rings is 3. The fraction of sp³-hybridized carbons (Fsp3) is 0.258. The molecule has 43 heavy (non-hydrogen) atoms. The number of alkyl halides is 3. The van der Waals surface area contributed by atoms with E-state index in [0.717, 1.165) is 28.8 Å². The fourth-order valence-electron chi connectivity index (χ4n) is 4.57. The standard InChI is InChI=1S/C31H28F3N5O3S/c1-19(2)25-14-13-24(42-3)16-26(25)39-28(41)17-43-30(39)36-27(40)15-6-20-4-7-21(8-5-20)29-35-18-38(37-29)23-11-9-22(10-12-23)31(32,33)34/h4-5,7-14,16,18-19H,6,15,17H2,1-3H3. The van der Waals surface area contributed by atoms with Crippen molar-refractivity contribution in [2.24, 2.45) is 4.99 Å². The Kier molecular flexibility index (Phi) is 8.67. The van der Waals surface area contributed by atoms with Gasteiger partial charge in [-0.05, 0) is 53.8 Å². The number of rotatable bonds is 8. The zero-order valence-electron chi connectivity index (χ0n) is 23.6. The first-order chi connectivity index (χ1) is 20.5. The number of ether oxygens (including phenoxy) is 1. The second kappa shape index (κ2) is 12.4. The molecule has 222 valence electrons. The highest BCUT2D eigenvalue weighted by molar-refractivity contribution is 8.15. The van der Waals surface area contributed by atoms with Gasteiger partial charge in [-0.15, -0.1) is 5.10 Å². The normalized spacial score (nSPS) is 14.6. The number of nitrogens with zero attached hydrogens (tertiary/aromatic N) is 5. The average Bonchev–Trinajstić information content (AvgIpc) is 3.62. The summed E-state index contributed by atoms with van der Waals surface area (Å²) < 4.78 is 45.3. The van der Waals surface area contributed by atoms with Crippen LogP contribution in [0.3, 0.4) is 0 Å². The lowest BCUT2D eigenvalue weighted by Gasteiger charge is -2.22. The van der Waals surface area contributed by atoms with E-state index in [2.05, 4.69) is 15.1 Å². The molecule has 12 heteroatoms. The van der Waals surface area contributed by atoms with Crippen LogP contribution < -0.4 is 9.64 Å². The number of aromatic nitrogens is 3. The molecule has 0 unspecified atom stereocenters. The van der Waals surface area contributed by atoms with Crippen molar-refractivity contribution < 1.29 is 27.5 Å². The van der Waals surface area contributed by atoms with Crippen LogP contribution in [-0.4, -0.2) is 44.6 Å². The van der Waals surface area contributed by atoms with Crippen LogP contribution >= 0.6 is 11.8 Å². The van der Waals surface area contributed by atoms with E-state index in [0.29, 0.717) is 34.5 Å². The zero-order valence-corrected chi connectivity index (χ0v) is 24.4. The monoisotopic (exact) mass is 607 g/mol. The molecule has 0 radical (unpaired) electrons. The molecule has 0 saturated carbocycles. The number of aliphatic imine (C=N–C) groups is 1. The van der Waals surface area contributed by atoms with Crippen molar-refractivity contribution in [2.75, 3.05) is 17.8 Å². The number of hydrogen-bond acceptors (Lipinski definition) is 6. The first-order valence-corrected chi connectivity index (χ1v) is 14.5. The van der Waals surface area contributed by atoms with E-state index in [-0.39, 0.29) is 29.9 Å². The quantitative estimate of drug-likeness (QED) is 0.222. The van der Waals surface area contributed by atoms with Gasteiger partial charge in [0.2, 0.25) is 11.8 Å². The van der Waals surface area contributed by atoms with Crippen molar-refractivity contribution in [1.82, 2.24) is 14.8 Å². The number of hydrogen-bond donors (Lipinski definition) is 0. The minimum atomic E-state index is -4.41. The third-order valence-electron chi connectivity index (χ3n) is 6.88. The van der Waals surface area contributed by atoms with E-state index in [1.54, 1.807) is 13.2 Å². The van der Waals surface area contributed by atoms with Gasteiger partial charge in [0.05, 0.1) is 29.8 Å². The number of anilines is 1. The Labute approximate surface area is 250 Å². The molecular formula is C31H28F3N5O3S. The van der Waals surface area contributed by atoms with Crippen molar-refractivity contribution >= 4 is 34.4 Å². The fourth-order valence-corrected chi connectivity index (χ4v) is 5.45. The summed E-state index contributed by atoms with van der Waals surface area (Å²) >= 11 is 1.24. The molecule has 1 aliphatic heterocycles. The van der Waals surface area contributed by atoms with Crippen LogP contribution in [0.5, 0.6) is 5.75 Å². The minimum Gasteiger partial charge on any atom is -0.497 e. The van der Waals surface area contributed by atoms with Crippen LogP contribution in [0.1, 0.15) is 42.9 Å². The van der Waals surface area contributed by atoms with Crippen LogP contribution in [0.25, 0.3) is 17.1 Å². The van der Waals surface area contributed by atoms with Gasteiger partial charge in [0.25, 0.3) is 0 Å². The van der Waals surface area contributed by atoms with Gasteiger partial charge < -0.3 is 4.74 Å². The molecule has 5 rings (SSSR count). The van der Waals surface area contributed by atoms with Crippen LogP contribution in [0.15, 0.2) is 78.0 Å². The summed E-state index contributed by atoms with van der Waals surface area (Å²) in [5.41, 5.74) is 2.97. The summed E-state index contributed by atoms with van der Waals surface area (Å²) in [5.74, 6) is 0.891. The highest BCUT2D eigenvalue weighted by atomic mass is 32.2. The van der Waals surface area contributed by atoms with Crippen molar-refractivity contribution in [3.05, 3.63) is 89.7 Å². The van der Waals surface area contributed by atoms with Crippen LogP contribution in [-0.2, 0) is 22.2 Å². The maximum atomic E-state index is 12.9. The summed E-state index contributed by atoms with van der Waals surface area (Å²) in [6.07, 6.45) is -2.37. The Morgan fingerprint density at radius 1 is 1.07 bits per heavy atom. The molecule has 2 heterocycles. The molecule has 8 nitrogen and oxygen atoms in total. The second-order valence-electron chi connectivity index (χ2n) is 10.1. The second-order valence-corrected chi connectivity index (χ2v) is 11.1. The third kappa shape index (κ3) is 6.80. The molecule has 0 aliphatic carbocycles. The Bertz CT molecular complexity index is 1670. The molecule has 1 aromatic heterocycles. The van der Waals surface area contributed by atoms with Gasteiger partial charge in [0.1, 0.15) is 12.1 Å². The molecule has 3 aromatic carbocycles. The van der Waals surface area contributed by atoms with E-state index in [4.69, 9.17) is 4.74 Å². The zero-order chi connectivity index (χ0) is 30.7. The van der Waals surface area contributed by atoms with Crippen LogP contribution in [0, 0.1) is 0 Å². The summed E-state index contributed by atoms with van der Waals surface area (Å²) in [6.45, 7) is 4.07. The number of methoxy groups -OCH3 is 1. The highest BCUT2D eigenvalue weighted by Gasteiger charge is 2.33. The van der Waals surface area contributed by atoms with Crippen molar-refractivity contribution in [2.45, 2.75) is 38.8 Å². The molecule has 2 amide bonds. The van der Waals surface area contributed by atoms with E-state index >= 15 is 0 Å². The first-order valence-electron chi connectivity index (χ1n) is 13.5. The molecule has 0 spiro atoms. The van der Waals surface area contributed by atoms with Crippen molar-refractivity contribution in [1.29, 1.82) is 0 Å². The summed E-state index contributed by atoms with van der Waals surface area (Å²) in [7, 11) is 1.56. The van der Waals surface area contributed by atoms with Crippen LogP contribution in [0.2, 0.25) is 0 Å². The van der Waals surface area contributed by atoms with Gasteiger partial charge in [-0.25, -0.2) is 9.67 Å². The largest absolute Gasteiger partial charge is 0.497 e. The lowest BCUT2D eigenvalue weighted by molar-refractivity contribution is -0.137. The number of aryl methyl sites for hydroxylation is 1. The van der Waals surface area contributed by atoms with E-state index < -0.39 is 11.7 Å². The predicted octanol–water partition coefficient (Wildman–Crippen LogP) is 6.68. The topological polar surface area (TPSA) is 89.7 Å². The Hall–Kier alpha value is -4.45. The number of carbonyl (C=O) groups is 2. The van der Waals surface area contributed by atoms with Gasteiger partial charge in [0.15, 0.2) is 11.0 Å². The Morgan fingerprint density at radius 2 is 1.79 bits per heavy atom. The minimum absolute atomic E-state index is 0.142. The lowest BCUT2D eigenvalue weighted by atomic mass is 10.00. The summed E-state index contributed by atoms with van der Waals surface area (Å²) in [5, 5.41) is 4.74. The van der Waals surface area contributed by atoms with Gasteiger partial charge in [0, 0.05) is 18.1 Å². The number of amidine groups is 1. The molecule has 0 atom stereocenters. The maximum Gasteiger partial charge on any atom is 0.416 e. The number of amides is 2. The molecule has 1 fully saturated rings. The van der Waals surface area contributed by atoms with E-state index in [9.17, 15) is 22.8 Å². The number of carbonyl (C=O) groups excluding carboxylic acids is 2. The average molecular weight is 608 g/mol. The van der Waals surface area contributed by atoms with Gasteiger partial charge in [-0.1, -0.05) is 55.9 Å². The molecule has 0 N–H and O–H groups in total. The van der Waals surface area contributed by atoms with Crippen LogP contribution in [0.4, 0.5) is 18.9 Å². The van der Waals surface area contributed by atoms with Gasteiger partial charge in [-0.2, -0.15) is 18.2 Å². The Balaban J connectivity index is 1.24. The Morgan fingerprint density at radius 3 is 2.44 bits per heavy atom. The smallest absolute Gasteiger partial charge is 0.416 e. The molecular weight excluding hydrogens is 579 g/mol. The number of thioether (sulfide) groups is 1. The predicted molar refractivity (Wildman–Crippen MR) is 160 cm³/mol. The molecule has 1 saturated heterocycles. The SMILES string of the molecule is COc1ccc(C(C)C)c(N2C(=O)CSC2=NC(=O)CCc2ccc(-c3ncn(-c4ccc(C(F)(F)F)cc4)n3)cc2)c1. The third-order valence-corrected chi connectivity index (χ3v) is 7.80. The lowest BCUT2D eigenvalue weighted by Crippen LogP contribution is -2.31.